The molecule has 10 nitrogen and oxygen atoms in total. The maximum atomic E-state index is 12.6. The van der Waals surface area contributed by atoms with E-state index in [4.69, 9.17) is 13.6 Å². The Morgan fingerprint density at radius 2 is 1.85 bits per heavy atom. The molecule has 11 heteroatoms. The molecule has 0 radical (unpaired) electrons. The number of fused-ring (bicyclic) bond motifs is 1. The molecule has 178 valence electrons. The first-order valence-corrected chi connectivity index (χ1v) is 12.0. The molecule has 0 unspecified atom stereocenters. The second kappa shape index (κ2) is 9.27. The normalized spacial score (nSPS) is 11.9. The molecule has 0 aliphatic heterocycles. The quantitative estimate of drug-likeness (QED) is 0.395. The molecule has 1 N–H and O–H groups in total. The third kappa shape index (κ3) is 4.52. The minimum atomic E-state index is -3.64. The van der Waals surface area contributed by atoms with E-state index in [0.29, 0.717) is 23.7 Å². The lowest BCUT2D eigenvalue weighted by Crippen LogP contribution is -2.33. The zero-order valence-corrected chi connectivity index (χ0v) is 19.9. The largest absolute Gasteiger partial charge is 0.490 e. The standard InChI is InChI=1S/C23H24N4O6S/c1-5-31-18-8-6-7-16-13-19(32-20(16)18)22-25-26-23(33-22)24-21(28)15-9-11-17(12-10-15)34(29,30)27(4)14(2)3/h6-14H,5H2,1-4H3,(H,24,26,28). The number of hydrogen-bond donors (Lipinski definition) is 1. The number of sulfonamides is 1. The van der Waals surface area contributed by atoms with Crippen molar-refractivity contribution in [3.05, 3.63) is 54.1 Å². The molecule has 2 aromatic carbocycles. The Hall–Kier alpha value is -3.70. The number of aromatic nitrogens is 2. The van der Waals surface area contributed by atoms with Crippen LogP contribution in [0.3, 0.4) is 0 Å². The average Bonchev–Trinajstić information content (AvgIpc) is 3.46. The number of amides is 1. The summed E-state index contributed by atoms with van der Waals surface area (Å²) >= 11 is 0. The van der Waals surface area contributed by atoms with E-state index in [1.54, 1.807) is 26.0 Å². The fourth-order valence-electron chi connectivity index (χ4n) is 3.18. The van der Waals surface area contributed by atoms with Crippen LogP contribution >= 0.6 is 0 Å². The van der Waals surface area contributed by atoms with Crippen molar-refractivity contribution in [3.8, 4) is 17.4 Å². The summed E-state index contributed by atoms with van der Waals surface area (Å²) in [4.78, 5) is 12.7. The van der Waals surface area contributed by atoms with Crippen molar-refractivity contribution in [2.45, 2.75) is 31.7 Å². The number of carbonyl (C=O) groups is 1. The Labute approximate surface area is 196 Å². The monoisotopic (exact) mass is 484 g/mol. The van der Waals surface area contributed by atoms with Gasteiger partial charge in [0.05, 0.1) is 11.5 Å². The van der Waals surface area contributed by atoms with E-state index in [-0.39, 0.29) is 28.4 Å². The second-order valence-electron chi connectivity index (χ2n) is 7.72. The van der Waals surface area contributed by atoms with Gasteiger partial charge in [0.15, 0.2) is 17.1 Å². The summed E-state index contributed by atoms with van der Waals surface area (Å²) in [6, 6.07) is 12.5. The number of furan rings is 1. The zero-order valence-electron chi connectivity index (χ0n) is 19.1. The van der Waals surface area contributed by atoms with Gasteiger partial charge in [-0.25, -0.2) is 8.42 Å². The maximum Gasteiger partial charge on any atom is 0.322 e. The molecular weight excluding hydrogens is 460 g/mol. The summed E-state index contributed by atoms with van der Waals surface area (Å²) in [6.07, 6.45) is 0. The van der Waals surface area contributed by atoms with Crippen LogP contribution in [0.1, 0.15) is 31.1 Å². The van der Waals surface area contributed by atoms with Crippen molar-refractivity contribution in [3.63, 3.8) is 0 Å². The van der Waals surface area contributed by atoms with Crippen molar-refractivity contribution < 1.29 is 26.8 Å². The van der Waals surface area contributed by atoms with Crippen LogP contribution in [-0.4, -0.2) is 48.5 Å². The smallest absolute Gasteiger partial charge is 0.322 e. The van der Waals surface area contributed by atoms with Crippen LogP contribution < -0.4 is 10.1 Å². The third-order valence-electron chi connectivity index (χ3n) is 5.18. The van der Waals surface area contributed by atoms with Gasteiger partial charge in [-0.3, -0.25) is 10.1 Å². The number of nitrogens with one attached hydrogen (secondary N) is 1. The lowest BCUT2D eigenvalue weighted by atomic mass is 10.2. The van der Waals surface area contributed by atoms with Crippen molar-refractivity contribution in [2.75, 3.05) is 19.0 Å². The highest BCUT2D eigenvalue weighted by Gasteiger charge is 2.23. The molecule has 4 rings (SSSR count). The number of anilines is 1. The fraction of sp³-hybridized carbons (Fsp3) is 0.261. The average molecular weight is 485 g/mol. The van der Waals surface area contributed by atoms with Gasteiger partial charge in [0.25, 0.3) is 11.8 Å². The van der Waals surface area contributed by atoms with E-state index in [0.717, 1.165) is 5.39 Å². The van der Waals surface area contributed by atoms with Gasteiger partial charge in [0, 0.05) is 24.0 Å². The Morgan fingerprint density at radius 1 is 1.12 bits per heavy atom. The molecule has 34 heavy (non-hydrogen) atoms. The summed E-state index contributed by atoms with van der Waals surface area (Å²) < 4.78 is 43.4. The first-order valence-electron chi connectivity index (χ1n) is 10.6. The van der Waals surface area contributed by atoms with Gasteiger partial charge < -0.3 is 13.6 Å². The second-order valence-corrected chi connectivity index (χ2v) is 9.72. The van der Waals surface area contributed by atoms with E-state index >= 15 is 0 Å². The Kier molecular flexibility index (Phi) is 6.40. The highest BCUT2D eigenvalue weighted by atomic mass is 32.2. The highest BCUT2D eigenvalue weighted by Crippen LogP contribution is 2.33. The van der Waals surface area contributed by atoms with Crippen LogP contribution in [-0.2, 0) is 10.0 Å². The van der Waals surface area contributed by atoms with Gasteiger partial charge in [0.1, 0.15) is 0 Å². The number of rotatable bonds is 8. The Morgan fingerprint density at radius 3 is 2.53 bits per heavy atom. The van der Waals surface area contributed by atoms with Gasteiger partial charge in [-0.15, -0.1) is 5.10 Å². The van der Waals surface area contributed by atoms with E-state index < -0.39 is 15.9 Å². The topological polar surface area (TPSA) is 128 Å². The molecule has 4 aromatic rings. The van der Waals surface area contributed by atoms with Crippen molar-refractivity contribution in [1.29, 1.82) is 0 Å². The fourth-order valence-corrected chi connectivity index (χ4v) is 4.54. The van der Waals surface area contributed by atoms with Gasteiger partial charge in [-0.1, -0.05) is 17.2 Å². The Balaban J connectivity index is 1.50. The van der Waals surface area contributed by atoms with Crippen LogP contribution in [0.25, 0.3) is 22.6 Å². The van der Waals surface area contributed by atoms with Crippen molar-refractivity contribution >= 4 is 32.9 Å². The number of carbonyl (C=O) groups excluding carboxylic acids is 1. The SMILES string of the molecule is CCOc1cccc2cc(-c3nnc(NC(=O)c4ccc(S(=O)(=O)N(C)C(C)C)cc4)o3)oc12. The molecule has 0 saturated heterocycles. The summed E-state index contributed by atoms with van der Waals surface area (Å²) in [7, 11) is -2.14. The number of nitrogens with zero attached hydrogens (tertiary/aromatic N) is 3. The molecule has 0 aliphatic rings. The predicted octanol–water partition coefficient (Wildman–Crippen LogP) is 4.16. The van der Waals surface area contributed by atoms with Crippen molar-refractivity contribution in [2.24, 2.45) is 0 Å². The number of hydrogen-bond acceptors (Lipinski definition) is 8. The predicted molar refractivity (Wildman–Crippen MR) is 125 cm³/mol. The molecule has 2 aromatic heterocycles. The number of ether oxygens (including phenoxy) is 1. The van der Waals surface area contributed by atoms with Gasteiger partial charge in [0.2, 0.25) is 10.0 Å². The highest BCUT2D eigenvalue weighted by molar-refractivity contribution is 7.89. The zero-order chi connectivity index (χ0) is 24.5. The van der Waals surface area contributed by atoms with Crippen LogP contribution in [0.2, 0.25) is 0 Å². The lowest BCUT2D eigenvalue weighted by Gasteiger charge is -2.20. The molecular formula is C23H24N4O6S. The van der Waals surface area contributed by atoms with Gasteiger partial charge >= 0.3 is 6.01 Å². The van der Waals surface area contributed by atoms with E-state index in [2.05, 4.69) is 15.5 Å². The molecule has 0 spiro atoms. The van der Waals surface area contributed by atoms with Crippen LogP contribution in [0.15, 0.2) is 62.3 Å². The first kappa shape index (κ1) is 23.5. The lowest BCUT2D eigenvalue weighted by molar-refractivity contribution is 0.102. The van der Waals surface area contributed by atoms with Crippen LogP contribution in [0, 0.1) is 0 Å². The van der Waals surface area contributed by atoms with Gasteiger partial charge in [-0.2, -0.15) is 4.31 Å². The number of benzene rings is 2. The maximum absolute atomic E-state index is 12.6. The Bertz CT molecular complexity index is 1420. The molecule has 1 amide bonds. The molecule has 0 atom stereocenters. The first-order chi connectivity index (χ1) is 16.2. The van der Waals surface area contributed by atoms with E-state index in [1.165, 1.54) is 35.6 Å². The summed E-state index contributed by atoms with van der Waals surface area (Å²) in [5, 5.41) is 11.1. The van der Waals surface area contributed by atoms with E-state index in [9.17, 15) is 13.2 Å². The van der Waals surface area contributed by atoms with Crippen LogP contribution in [0.4, 0.5) is 6.01 Å². The molecule has 0 bridgehead atoms. The minimum Gasteiger partial charge on any atom is -0.490 e. The number of para-hydroxylation sites is 1. The summed E-state index contributed by atoms with van der Waals surface area (Å²) in [6.45, 7) is 5.93. The van der Waals surface area contributed by atoms with Crippen LogP contribution in [0.5, 0.6) is 5.75 Å². The minimum absolute atomic E-state index is 0.0899. The van der Waals surface area contributed by atoms with Gasteiger partial charge in [-0.05, 0) is 57.2 Å². The molecule has 0 fully saturated rings. The van der Waals surface area contributed by atoms with E-state index in [1.807, 2.05) is 19.1 Å². The third-order valence-corrected chi connectivity index (χ3v) is 7.23. The summed E-state index contributed by atoms with van der Waals surface area (Å²) in [5.41, 5.74) is 0.789. The molecule has 0 aliphatic carbocycles. The molecule has 0 saturated carbocycles. The summed E-state index contributed by atoms with van der Waals surface area (Å²) in [5.74, 6) is 0.495. The molecule has 2 heterocycles. The van der Waals surface area contributed by atoms with Crippen molar-refractivity contribution in [1.82, 2.24) is 14.5 Å².